The van der Waals surface area contributed by atoms with Gasteiger partial charge in [0, 0.05) is 20.0 Å². The van der Waals surface area contributed by atoms with Crippen LogP contribution in [0.4, 0.5) is 0 Å². The molecule has 0 fully saturated rings. The first-order valence-electron chi connectivity index (χ1n) is 8.64. The van der Waals surface area contributed by atoms with Gasteiger partial charge in [-0.15, -0.1) is 0 Å². The van der Waals surface area contributed by atoms with Gasteiger partial charge < -0.3 is 4.90 Å². The van der Waals surface area contributed by atoms with Gasteiger partial charge in [-0.3, -0.25) is 4.79 Å². The summed E-state index contributed by atoms with van der Waals surface area (Å²) in [6.07, 6.45) is 1.35. The summed E-state index contributed by atoms with van der Waals surface area (Å²) in [6.45, 7) is 9.38. The molecule has 0 radical (unpaired) electrons. The van der Waals surface area contributed by atoms with E-state index in [1.807, 2.05) is 11.9 Å². The van der Waals surface area contributed by atoms with E-state index < -0.39 is 0 Å². The molecule has 0 saturated carbocycles. The molecule has 0 aliphatic heterocycles. The Labute approximate surface area is 146 Å². The summed E-state index contributed by atoms with van der Waals surface area (Å²) >= 11 is 0. The van der Waals surface area contributed by atoms with E-state index in [0.717, 1.165) is 6.42 Å². The predicted molar refractivity (Wildman–Crippen MR) is 101 cm³/mol. The molecule has 128 valence electrons. The highest BCUT2D eigenvalue weighted by atomic mass is 16.2. The third-order valence-electron chi connectivity index (χ3n) is 4.41. The molecule has 2 rings (SSSR count). The Kier molecular flexibility index (Phi) is 5.82. The van der Waals surface area contributed by atoms with Crippen molar-refractivity contribution < 1.29 is 4.79 Å². The molecule has 0 aliphatic rings. The van der Waals surface area contributed by atoms with Gasteiger partial charge in [-0.1, -0.05) is 74.9 Å². The zero-order valence-electron chi connectivity index (χ0n) is 15.6. The average Bonchev–Trinajstić information content (AvgIpc) is 2.54. The minimum absolute atomic E-state index is 0.169. The zero-order valence-corrected chi connectivity index (χ0v) is 15.6. The van der Waals surface area contributed by atoms with Gasteiger partial charge in [-0.05, 0) is 35.4 Å². The van der Waals surface area contributed by atoms with Crippen molar-refractivity contribution in [3.63, 3.8) is 0 Å². The molecule has 0 bridgehead atoms. The summed E-state index contributed by atoms with van der Waals surface area (Å²) in [6, 6.07) is 17.0. The van der Waals surface area contributed by atoms with E-state index in [4.69, 9.17) is 0 Å². The highest BCUT2D eigenvalue weighted by Gasteiger charge is 2.13. The molecule has 2 nitrogen and oxygen atoms in total. The molecule has 2 aromatic rings. The van der Waals surface area contributed by atoms with Gasteiger partial charge in [0.15, 0.2) is 0 Å². The molecule has 0 saturated heterocycles. The number of carbonyl (C=O) groups is 1. The second-order valence-electron chi connectivity index (χ2n) is 7.68. The molecule has 0 unspecified atom stereocenters. The van der Waals surface area contributed by atoms with Crippen molar-refractivity contribution in [2.75, 3.05) is 7.05 Å². The molecule has 0 N–H and O–H groups in total. The number of aryl methyl sites for hydroxylation is 2. The first-order chi connectivity index (χ1) is 11.3. The smallest absolute Gasteiger partial charge is 0.222 e. The normalized spacial score (nSPS) is 11.4. The molecule has 24 heavy (non-hydrogen) atoms. The van der Waals surface area contributed by atoms with Gasteiger partial charge in [-0.25, -0.2) is 0 Å². The van der Waals surface area contributed by atoms with E-state index in [-0.39, 0.29) is 11.3 Å². The molecular formula is C22H29NO. The first kappa shape index (κ1) is 18.3. The second kappa shape index (κ2) is 7.65. The van der Waals surface area contributed by atoms with Crippen LogP contribution in [0.5, 0.6) is 0 Å². The summed E-state index contributed by atoms with van der Waals surface area (Å²) in [5.74, 6) is 0.190. The molecule has 0 aromatic heterocycles. The molecule has 0 heterocycles. The largest absolute Gasteiger partial charge is 0.341 e. The Morgan fingerprint density at radius 1 is 0.917 bits per heavy atom. The van der Waals surface area contributed by atoms with Gasteiger partial charge in [-0.2, -0.15) is 0 Å². The maximum atomic E-state index is 12.3. The monoisotopic (exact) mass is 323 g/mol. The van der Waals surface area contributed by atoms with Crippen molar-refractivity contribution >= 4 is 5.91 Å². The highest BCUT2D eigenvalue weighted by Crippen LogP contribution is 2.22. The van der Waals surface area contributed by atoms with E-state index in [0.29, 0.717) is 13.0 Å². The summed E-state index contributed by atoms with van der Waals surface area (Å²) in [5, 5.41) is 0. The molecule has 0 spiro atoms. The van der Waals surface area contributed by atoms with Crippen LogP contribution in [0.15, 0.2) is 48.5 Å². The maximum Gasteiger partial charge on any atom is 0.222 e. The minimum atomic E-state index is 0.169. The lowest BCUT2D eigenvalue weighted by molar-refractivity contribution is -0.130. The van der Waals surface area contributed by atoms with E-state index in [9.17, 15) is 4.79 Å². The van der Waals surface area contributed by atoms with Crippen LogP contribution in [0.3, 0.4) is 0 Å². The van der Waals surface area contributed by atoms with Gasteiger partial charge in [0.25, 0.3) is 0 Å². The van der Waals surface area contributed by atoms with Gasteiger partial charge in [0.2, 0.25) is 5.91 Å². The number of amides is 1. The number of hydrogen-bond acceptors (Lipinski definition) is 1. The third-order valence-corrected chi connectivity index (χ3v) is 4.41. The van der Waals surface area contributed by atoms with Crippen LogP contribution in [-0.2, 0) is 23.2 Å². The summed E-state index contributed by atoms with van der Waals surface area (Å²) < 4.78 is 0. The fourth-order valence-electron chi connectivity index (χ4n) is 2.67. The van der Waals surface area contributed by atoms with Gasteiger partial charge in [0.1, 0.15) is 0 Å². The second-order valence-corrected chi connectivity index (χ2v) is 7.68. The summed E-state index contributed by atoms with van der Waals surface area (Å²) in [4.78, 5) is 14.2. The lowest BCUT2D eigenvalue weighted by Gasteiger charge is -2.19. The minimum Gasteiger partial charge on any atom is -0.341 e. The van der Waals surface area contributed by atoms with Crippen molar-refractivity contribution in [1.82, 2.24) is 4.90 Å². The molecule has 0 atom stereocenters. The Balaban J connectivity index is 1.86. The number of benzene rings is 2. The SMILES string of the molecule is Cc1ccc(CN(C)C(=O)CCc2ccc(C(C)(C)C)cc2)cc1. The van der Waals surface area contributed by atoms with Gasteiger partial charge in [0.05, 0.1) is 0 Å². The van der Waals surface area contributed by atoms with Crippen LogP contribution in [-0.4, -0.2) is 17.9 Å². The van der Waals surface area contributed by atoms with Crippen LogP contribution in [0.25, 0.3) is 0 Å². The third kappa shape index (κ3) is 5.23. The van der Waals surface area contributed by atoms with Crippen molar-refractivity contribution in [1.29, 1.82) is 0 Å². The molecular weight excluding hydrogens is 294 g/mol. The summed E-state index contributed by atoms with van der Waals surface area (Å²) in [7, 11) is 1.88. The lowest BCUT2D eigenvalue weighted by atomic mass is 9.86. The van der Waals surface area contributed by atoms with Gasteiger partial charge >= 0.3 is 0 Å². The lowest BCUT2D eigenvalue weighted by Crippen LogP contribution is -2.26. The Hall–Kier alpha value is -2.09. The Bertz CT molecular complexity index is 663. The molecule has 2 heteroatoms. The highest BCUT2D eigenvalue weighted by molar-refractivity contribution is 5.76. The molecule has 0 aliphatic carbocycles. The van der Waals surface area contributed by atoms with E-state index in [2.05, 4.69) is 76.2 Å². The number of hydrogen-bond donors (Lipinski definition) is 0. The van der Waals surface area contributed by atoms with Crippen LogP contribution in [0, 0.1) is 6.92 Å². The Morgan fingerprint density at radius 3 is 2.00 bits per heavy atom. The number of rotatable bonds is 5. The van der Waals surface area contributed by atoms with E-state index in [1.165, 1.54) is 22.3 Å². The van der Waals surface area contributed by atoms with Crippen molar-refractivity contribution in [2.45, 2.75) is 52.5 Å². The first-order valence-corrected chi connectivity index (χ1v) is 8.64. The topological polar surface area (TPSA) is 20.3 Å². The van der Waals surface area contributed by atoms with Crippen molar-refractivity contribution in [2.24, 2.45) is 0 Å². The fraction of sp³-hybridized carbons (Fsp3) is 0.409. The Morgan fingerprint density at radius 2 is 1.46 bits per heavy atom. The van der Waals surface area contributed by atoms with Crippen molar-refractivity contribution in [3.05, 3.63) is 70.8 Å². The average molecular weight is 323 g/mol. The number of nitrogens with zero attached hydrogens (tertiary/aromatic N) is 1. The maximum absolute atomic E-state index is 12.3. The van der Waals surface area contributed by atoms with Crippen LogP contribution in [0.1, 0.15) is 49.4 Å². The molecule has 2 aromatic carbocycles. The van der Waals surface area contributed by atoms with Crippen LogP contribution < -0.4 is 0 Å². The standard InChI is InChI=1S/C22H29NO/c1-17-6-8-19(9-7-17)16-23(5)21(24)15-12-18-10-13-20(14-11-18)22(2,3)4/h6-11,13-14H,12,15-16H2,1-5H3. The number of carbonyl (C=O) groups excluding carboxylic acids is 1. The van der Waals surface area contributed by atoms with E-state index >= 15 is 0 Å². The molecule has 1 amide bonds. The predicted octanol–water partition coefficient (Wildman–Crippen LogP) is 4.88. The van der Waals surface area contributed by atoms with Crippen molar-refractivity contribution in [3.8, 4) is 0 Å². The summed E-state index contributed by atoms with van der Waals surface area (Å²) in [5.41, 5.74) is 5.13. The zero-order chi connectivity index (χ0) is 17.7. The van der Waals surface area contributed by atoms with Crippen LogP contribution in [0.2, 0.25) is 0 Å². The van der Waals surface area contributed by atoms with Crippen LogP contribution >= 0.6 is 0 Å². The quantitative estimate of drug-likeness (QED) is 0.767. The van der Waals surface area contributed by atoms with E-state index in [1.54, 1.807) is 0 Å². The fourth-order valence-corrected chi connectivity index (χ4v) is 2.67.